The van der Waals surface area contributed by atoms with E-state index in [1.807, 2.05) is 11.8 Å². The van der Waals surface area contributed by atoms with Crippen LogP contribution in [0.3, 0.4) is 0 Å². The zero-order chi connectivity index (χ0) is 20.6. The molecule has 162 valence electrons. The van der Waals surface area contributed by atoms with Gasteiger partial charge in [0.15, 0.2) is 11.6 Å². The van der Waals surface area contributed by atoms with Crippen LogP contribution in [0.25, 0.3) is 0 Å². The molecule has 2 aliphatic rings. The number of carbonyl (C=O) groups excluding carboxylic acids is 1. The quantitative estimate of drug-likeness (QED) is 0.716. The Morgan fingerprint density at radius 2 is 1.86 bits per heavy atom. The second-order valence-corrected chi connectivity index (χ2v) is 8.11. The first-order valence-corrected chi connectivity index (χ1v) is 10.8. The third-order valence-electron chi connectivity index (χ3n) is 6.15. The average Bonchev–Trinajstić information content (AvgIpc) is 2.74. The molecule has 1 amide bonds. The van der Waals surface area contributed by atoms with Crippen LogP contribution in [0.5, 0.6) is 0 Å². The summed E-state index contributed by atoms with van der Waals surface area (Å²) >= 11 is 0. The van der Waals surface area contributed by atoms with Crippen LogP contribution in [0.1, 0.15) is 39.0 Å². The molecule has 1 saturated carbocycles. The van der Waals surface area contributed by atoms with Gasteiger partial charge in [-0.3, -0.25) is 9.69 Å². The molecule has 1 saturated heterocycles. The van der Waals surface area contributed by atoms with Gasteiger partial charge in [-0.15, -0.1) is 0 Å². The molecule has 3 rings (SSSR count). The fourth-order valence-corrected chi connectivity index (χ4v) is 4.37. The molecule has 5 nitrogen and oxygen atoms in total. The third-order valence-corrected chi connectivity index (χ3v) is 6.15. The molecule has 0 atom stereocenters. The first-order valence-electron chi connectivity index (χ1n) is 10.8. The Kier molecular flexibility index (Phi) is 8.24. The Bertz CT molecular complexity index is 657. The van der Waals surface area contributed by atoms with Gasteiger partial charge in [0.1, 0.15) is 6.61 Å². The summed E-state index contributed by atoms with van der Waals surface area (Å²) in [6, 6.07) is 4.66. The van der Waals surface area contributed by atoms with Crippen molar-refractivity contribution >= 4 is 11.6 Å². The van der Waals surface area contributed by atoms with Crippen LogP contribution >= 0.6 is 0 Å². The predicted molar refractivity (Wildman–Crippen MR) is 110 cm³/mol. The molecule has 1 aliphatic carbocycles. The van der Waals surface area contributed by atoms with E-state index in [4.69, 9.17) is 4.74 Å². The summed E-state index contributed by atoms with van der Waals surface area (Å²) < 4.78 is 32.6. The molecule has 1 aliphatic heterocycles. The maximum atomic E-state index is 14.0. The molecule has 1 aromatic carbocycles. The molecule has 7 heteroatoms. The maximum absolute atomic E-state index is 14.0. The minimum absolute atomic E-state index is 0.0112. The van der Waals surface area contributed by atoms with Crippen molar-refractivity contribution in [2.45, 2.75) is 45.1 Å². The van der Waals surface area contributed by atoms with Crippen molar-refractivity contribution in [3.05, 3.63) is 29.8 Å². The highest BCUT2D eigenvalue weighted by Crippen LogP contribution is 2.28. The normalized spacial score (nSPS) is 23.2. The Morgan fingerprint density at radius 3 is 2.55 bits per heavy atom. The number of hydrogen-bond donors (Lipinski definition) is 1. The number of rotatable bonds is 8. The van der Waals surface area contributed by atoms with Crippen molar-refractivity contribution in [1.29, 1.82) is 0 Å². The number of carbonyl (C=O) groups is 1. The van der Waals surface area contributed by atoms with Gasteiger partial charge in [-0.2, -0.15) is 0 Å². The van der Waals surface area contributed by atoms with Gasteiger partial charge in [0.05, 0.1) is 5.69 Å². The van der Waals surface area contributed by atoms with Crippen LogP contribution in [-0.4, -0.2) is 62.8 Å². The number of nitrogens with zero attached hydrogens (tertiary/aromatic N) is 2. The van der Waals surface area contributed by atoms with Crippen LogP contribution in [0, 0.1) is 17.6 Å². The second-order valence-electron chi connectivity index (χ2n) is 8.11. The molecule has 0 unspecified atom stereocenters. The van der Waals surface area contributed by atoms with E-state index in [-0.39, 0.29) is 18.6 Å². The summed E-state index contributed by atoms with van der Waals surface area (Å²) in [4.78, 5) is 16.1. The maximum Gasteiger partial charge on any atom is 0.246 e. The lowest BCUT2D eigenvalue weighted by atomic mass is 9.84. The molecule has 1 aromatic rings. The SMILES string of the molecule is CCOCC(=O)NC1CCC(CCN2CCN(c3cccc(F)c3F)CC2)CC1. The first-order chi connectivity index (χ1) is 14.1. The molecular weight excluding hydrogens is 376 g/mol. The number of benzene rings is 1. The largest absolute Gasteiger partial charge is 0.372 e. The molecule has 1 heterocycles. The molecule has 1 N–H and O–H groups in total. The van der Waals surface area contributed by atoms with E-state index < -0.39 is 11.6 Å². The Hall–Kier alpha value is -1.73. The zero-order valence-electron chi connectivity index (χ0n) is 17.3. The van der Waals surface area contributed by atoms with Gasteiger partial charge >= 0.3 is 0 Å². The van der Waals surface area contributed by atoms with E-state index >= 15 is 0 Å². The molecular formula is C22H33F2N3O2. The first kappa shape index (κ1) is 22.0. The number of halogens is 2. The van der Waals surface area contributed by atoms with E-state index in [9.17, 15) is 13.6 Å². The van der Waals surface area contributed by atoms with Crippen molar-refractivity contribution < 1.29 is 18.3 Å². The van der Waals surface area contributed by atoms with Gasteiger partial charge in [-0.1, -0.05) is 6.07 Å². The minimum atomic E-state index is -0.783. The predicted octanol–water partition coefficient (Wildman–Crippen LogP) is 3.19. The van der Waals surface area contributed by atoms with Gasteiger partial charge in [-0.25, -0.2) is 8.78 Å². The Balaban J connectivity index is 1.33. The van der Waals surface area contributed by atoms with Gasteiger partial charge in [0.2, 0.25) is 5.91 Å². The van der Waals surface area contributed by atoms with Crippen molar-refractivity contribution in [1.82, 2.24) is 10.2 Å². The van der Waals surface area contributed by atoms with Gasteiger partial charge < -0.3 is 15.0 Å². The van der Waals surface area contributed by atoms with Crippen molar-refractivity contribution in [2.24, 2.45) is 5.92 Å². The Labute approximate surface area is 172 Å². The summed E-state index contributed by atoms with van der Waals surface area (Å²) in [6.07, 6.45) is 5.53. The summed E-state index contributed by atoms with van der Waals surface area (Å²) in [5.41, 5.74) is 0.370. The topological polar surface area (TPSA) is 44.8 Å². The lowest BCUT2D eigenvalue weighted by Crippen LogP contribution is -2.47. The summed E-state index contributed by atoms with van der Waals surface area (Å²) in [6.45, 7) is 6.84. The van der Waals surface area contributed by atoms with Crippen LogP contribution < -0.4 is 10.2 Å². The summed E-state index contributed by atoms with van der Waals surface area (Å²) in [5.74, 6) is -0.836. The van der Waals surface area contributed by atoms with Crippen LogP contribution in [-0.2, 0) is 9.53 Å². The summed E-state index contributed by atoms with van der Waals surface area (Å²) in [5, 5.41) is 3.07. The smallest absolute Gasteiger partial charge is 0.246 e. The highest BCUT2D eigenvalue weighted by atomic mass is 19.2. The molecule has 0 aromatic heterocycles. The number of piperazine rings is 1. The van der Waals surface area contributed by atoms with E-state index in [2.05, 4.69) is 10.2 Å². The molecule has 0 radical (unpaired) electrons. The molecule has 0 spiro atoms. The van der Waals surface area contributed by atoms with Crippen molar-refractivity contribution in [3.63, 3.8) is 0 Å². The number of nitrogens with one attached hydrogen (secondary N) is 1. The fourth-order valence-electron chi connectivity index (χ4n) is 4.37. The molecule has 0 bridgehead atoms. The van der Waals surface area contributed by atoms with E-state index in [0.29, 0.717) is 18.2 Å². The van der Waals surface area contributed by atoms with Crippen LogP contribution in [0.4, 0.5) is 14.5 Å². The van der Waals surface area contributed by atoms with Gasteiger partial charge in [-0.05, 0) is 63.6 Å². The fraction of sp³-hybridized carbons (Fsp3) is 0.682. The highest BCUT2D eigenvalue weighted by molar-refractivity contribution is 5.77. The second kappa shape index (κ2) is 10.9. The standard InChI is InChI=1S/C22H33F2N3O2/c1-2-29-16-21(28)25-18-8-6-17(7-9-18)10-11-26-12-14-27(15-13-26)20-5-3-4-19(23)22(20)24/h3-5,17-18H,2,6-16H2,1H3,(H,25,28). The van der Waals surface area contributed by atoms with E-state index in [1.165, 1.54) is 0 Å². The van der Waals surface area contributed by atoms with Gasteiger partial charge in [0.25, 0.3) is 0 Å². The number of anilines is 1. The highest BCUT2D eigenvalue weighted by Gasteiger charge is 2.24. The number of hydrogen-bond acceptors (Lipinski definition) is 4. The number of ether oxygens (including phenoxy) is 1. The summed E-state index contributed by atoms with van der Waals surface area (Å²) in [7, 11) is 0. The lowest BCUT2D eigenvalue weighted by Gasteiger charge is -2.37. The van der Waals surface area contributed by atoms with E-state index in [1.54, 1.807) is 12.1 Å². The molecule has 2 fully saturated rings. The van der Waals surface area contributed by atoms with Crippen LogP contribution in [0.15, 0.2) is 18.2 Å². The monoisotopic (exact) mass is 409 g/mol. The average molecular weight is 410 g/mol. The minimum Gasteiger partial charge on any atom is -0.372 e. The molecule has 29 heavy (non-hydrogen) atoms. The van der Waals surface area contributed by atoms with Gasteiger partial charge in [0, 0.05) is 38.8 Å². The number of amides is 1. The van der Waals surface area contributed by atoms with E-state index in [0.717, 1.165) is 70.9 Å². The van der Waals surface area contributed by atoms with Crippen molar-refractivity contribution in [3.8, 4) is 0 Å². The Morgan fingerprint density at radius 1 is 1.14 bits per heavy atom. The lowest BCUT2D eigenvalue weighted by molar-refractivity contribution is -0.126. The third kappa shape index (κ3) is 6.37. The van der Waals surface area contributed by atoms with Crippen molar-refractivity contribution in [2.75, 3.05) is 50.8 Å². The zero-order valence-corrected chi connectivity index (χ0v) is 17.3. The van der Waals surface area contributed by atoms with Crippen LogP contribution in [0.2, 0.25) is 0 Å².